The van der Waals surface area contributed by atoms with Gasteiger partial charge < -0.3 is 15.0 Å². The van der Waals surface area contributed by atoms with Gasteiger partial charge in [0.15, 0.2) is 0 Å². The third-order valence-electron chi connectivity index (χ3n) is 3.55. The lowest BCUT2D eigenvalue weighted by Gasteiger charge is -2.20. The maximum absolute atomic E-state index is 12.7. The number of amides is 1. The first kappa shape index (κ1) is 15.8. The van der Waals surface area contributed by atoms with E-state index in [0.717, 1.165) is 37.6 Å². The summed E-state index contributed by atoms with van der Waals surface area (Å²) in [6.45, 7) is 9.77. The van der Waals surface area contributed by atoms with Crippen molar-refractivity contribution in [2.45, 2.75) is 33.1 Å². The van der Waals surface area contributed by atoms with Crippen LogP contribution in [0.2, 0.25) is 0 Å². The number of aromatic nitrogens is 1. The van der Waals surface area contributed by atoms with Crippen LogP contribution in [0.3, 0.4) is 0 Å². The van der Waals surface area contributed by atoms with Crippen LogP contribution in [0.25, 0.3) is 0 Å². The standard InChI is InChI=1S/C16H25N3O2/c1-4-17-15-11-13(10-14(18-15)12(2)3)16(20)19-6-5-8-21-9-7-19/h10-12H,4-9H2,1-3H3,(H,17,18). The Kier molecular flexibility index (Phi) is 5.56. The number of carbonyl (C=O) groups excluding carboxylic acids is 1. The van der Waals surface area contributed by atoms with Crippen LogP contribution in [0.5, 0.6) is 0 Å². The van der Waals surface area contributed by atoms with E-state index in [1.54, 1.807) is 0 Å². The lowest BCUT2D eigenvalue weighted by Crippen LogP contribution is -2.33. The van der Waals surface area contributed by atoms with Gasteiger partial charge in [-0.2, -0.15) is 0 Å². The van der Waals surface area contributed by atoms with Gasteiger partial charge >= 0.3 is 0 Å². The molecular weight excluding hydrogens is 266 g/mol. The molecule has 0 aromatic carbocycles. The molecule has 116 valence electrons. The van der Waals surface area contributed by atoms with Crippen LogP contribution in [-0.4, -0.2) is 48.6 Å². The molecule has 0 saturated carbocycles. The molecule has 0 spiro atoms. The minimum absolute atomic E-state index is 0.0731. The fraction of sp³-hybridized carbons (Fsp3) is 0.625. The Morgan fingerprint density at radius 2 is 2.19 bits per heavy atom. The molecule has 1 aromatic heterocycles. The zero-order chi connectivity index (χ0) is 15.2. The maximum atomic E-state index is 12.7. The van der Waals surface area contributed by atoms with Crippen LogP contribution < -0.4 is 5.32 Å². The van der Waals surface area contributed by atoms with Gasteiger partial charge in [0.25, 0.3) is 5.91 Å². The minimum Gasteiger partial charge on any atom is -0.380 e. The second-order valence-corrected chi connectivity index (χ2v) is 5.61. The molecule has 1 fully saturated rings. The highest BCUT2D eigenvalue weighted by molar-refractivity contribution is 5.95. The number of carbonyl (C=O) groups is 1. The SMILES string of the molecule is CCNc1cc(C(=O)N2CCCOCC2)cc(C(C)C)n1. The van der Waals surface area contributed by atoms with Gasteiger partial charge in [-0.1, -0.05) is 13.8 Å². The van der Waals surface area contributed by atoms with Crippen molar-refractivity contribution in [1.82, 2.24) is 9.88 Å². The van der Waals surface area contributed by atoms with Gasteiger partial charge in [-0.05, 0) is 31.4 Å². The molecule has 0 unspecified atom stereocenters. The quantitative estimate of drug-likeness (QED) is 0.926. The predicted octanol–water partition coefficient (Wildman–Crippen LogP) is 2.50. The summed E-state index contributed by atoms with van der Waals surface area (Å²) in [5.41, 5.74) is 1.66. The van der Waals surface area contributed by atoms with E-state index in [1.165, 1.54) is 0 Å². The van der Waals surface area contributed by atoms with Crippen LogP contribution in [0, 0.1) is 0 Å². The van der Waals surface area contributed by atoms with Crippen LogP contribution in [-0.2, 0) is 4.74 Å². The topological polar surface area (TPSA) is 54.5 Å². The monoisotopic (exact) mass is 291 g/mol. The molecule has 5 nitrogen and oxygen atoms in total. The molecule has 0 aliphatic carbocycles. The Morgan fingerprint density at radius 3 is 2.90 bits per heavy atom. The fourth-order valence-corrected chi connectivity index (χ4v) is 2.37. The molecule has 5 heteroatoms. The van der Waals surface area contributed by atoms with E-state index in [2.05, 4.69) is 24.1 Å². The molecule has 2 rings (SSSR count). The average molecular weight is 291 g/mol. The summed E-state index contributed by atoms with van der Waals surface area (Å²) >= 11 is 0. The second-order valence-electron chi connectivity index (χ2n) is 5.61. The number of rotatable bonds is 4. The lowest BCUT2D eigenvalue weighted by molar-refractivity contribution is 0.0741. The highest BCUT2D eigenvalue weighted by Gasteiger charge is 2.19. The van der Waals surface area contributed by atoms with Gasteiger partial charge in [0.2, 0.25) is 0 Å². The van der Waals surface area contributed by atoms with Crippen LogP contribution >= 0.6 is 0 Å². The van der Waals surface area contributed by atoms with E-state index in [9.17, 15) is 4.79 Å². The van der Waals surface area contributed by atoms with Crippen molar-refractivity contribution >= 4 is 11.7 Å². The smallest absolute Gasteiger partial charge is 0.254 e. The Hall–Kier alpha value is -1.62. The molecule has 1 aromatic rings. The molecule has 1 amide bonds. The second kappa shape index (κ2) is 7.41. The number of hydrogen-bond acceptors (Lipinski definition) is 4. The number of nitrogens with zero attached hydrogens (tertiary/aromatic N) is 2. The third-order valence-corrected chi connectivity index (χ3v) is 3.55. The summed E-state index contributed by atoms with van der Waals surface area (Å²) in [5, 5.41) is 3.21. The van der Waals surface area contributed by atoms with Crippen molar-refractivity contribution < 1.29 is 9.53 Å². The summed E-state index contributed by atoms with van der Waals surface area (Å²) in [5.74, 6) is 1.14. The van der Waals surface area contributed by atoms with E-state index < -0.39 is 0 Å². The zero-order valence-corrected chi connectivity index (χ0v) is 13.2. The molecule has 1 saturated heterocycles. The first-order valence-electron chi connectivity index (χ1n) is 7.74. The summed E-state index contributed by atoms with van der Waals surface area (Å²) in [4.78, 5) is 19.1. The fourth-order valence-electron chi connectivity index (χ4n) is 2.37. The molecule has 1 aliphatic heterocycles. The van der Waals surface area contributed by atoms with Gasteiger partial charge in [-0.3, -0.25) is 4.79 Å². The number of nitrogens with one attached hydrogen (secondary N) is 1. The van der Waals surface area contributed by atoms with Crippen molar-refractivity contribution in [3.63, 3.8) is 0 Å². The summed E-state index contributed by atoms with van der Waals surface area (Å²) in [6, 6.07) is 3.77. The van der Waals surface area contributed by atoms with Gasteiger partial charge in [0, 0.05) is 37.5 Å². The first-order valence-corrected chi connectivity index (χ1v) is 7.74. The molecule has 21 heavy (non-hydrogen) atoms. The first-order chi connectivity index (χ1) is 10.1. The largest absolute Gasteiger partial charge is 0.380 e. The maximum Gasteiger partial charge on any atom is 0.254 e. The van der Waals surface area contributed by atoms with Crippen molar-refractivity contribution in [2.75, 3.05) is 38.2 Å². The van der Waals surface area contributed by atoms with Crippen molar-refractivity contribution in [3.05, 3.63) is 23.4 Å². The molecule has 0 radical (unpaired) electrons. The molecular formula is C16H25N3O2. The number of hydrogen-bond donors (Lipinski definition) is 1. The predicted molar refractivity (Wildman–Crippen MR) is 83.8 cm³/mol. The summed E-state index contributed by atoms with van der Waals surface area (Å²) in [7, 11) is 0. The number of ether oxygens (including phenoxy) is 1. The summed E-state index contributed by atoms with van der Waals surface area (Å²) < 4.78 is 5.42. The van der Waals surface area contributed by atoms with Crippen LogP contribution in [0.15, 0.2) is 12.1 Å². The minimum atomic E-state index is 0.0731. The molecule has 0 atom stereocenters. The van der Waals surface area contributed by atoms with E-state index in [1.807, 2.05) is 24.0 Å². The average Bonchev–Trinajstić information content (AvgIpc) is 2.75. The van der Waals surface area contributed by atoms with Crippen molar-refractivity contribution in [2.24, 2.45) is 0 Å². The molecule has 0 bridgehead atoms. The molecule has 1 aliphatic rings. The highest BCUT2D eigenvalue weighted by Crippen LogP contribution is 2.19. The van der Waals surface area contributed by atoms with Crippen LogP contribution in [0.1, 0.15) is 49.2 Å². The highest BCUT2D eigenvalue weighted by atomic mass is 16.5. The Bertz CT molecular complexity index is 480. The number of pyridine rings is 1. The van der Waals surface area contributed by atoms with Crippen LogP contribution in [0.4, 0.5) is 5.82 Å². The zero-order valence-electron chi connectivity index (χ0n) is 13.2. The summed E-state index contributed by atoms with van der Waals surface area (Å²) in [6.07, 6.45) is 0.897. The van der Waals surface area contributed by atoms with Crippen molar-refractivity contribution in [1.29, 1.82) is 0 Å². The van der Waals surface area contributed by atoms with E-state index in [0.29, 0.717) is 24.6 Å². The molecule has 2 heterocycles. The Balaban J connectivity index is 2.25. The Labute approximate surface area is 126 Å². The van der Waals surface area contributed by atoms with Gasteiger partial charge in [-0.25, -0.2) is 4.98 Å². The van der Waals surface area contributed by atoms with Crippen molar-refractivity contribution in [3.8, 4) is 0 Å². The van der Waals surface area contributed by atoms with Gasteiger partial charge in [0.1, 0.15) is 5.82 Å². The normalized spacial score (nSPS) is 15.9. The van der Waals surface area contributed by atoms with E-state index in [4.69, 9.17) is 4.74 Å². The van der Waals surface area contributed by atoms with E-state index >= 15 is 0 Å². The number of anilines is 1. The van der Waals surface area contributed by atoms with E-state index in [-0.39, 0.29) is 5.91 Å². The van der Waals surface area contributed by atoms with Gasteiger partial charge in [0.05, 0.1) is 6.61 Å². The molecule has 1 N–H and O–H groups in total. The lowest BCUT2D eigenvalue weighted by atomic mass is 10.1. The third kappa shape index (κ3) is 4.17. The van der Waals surface area contributed by atoms with Gasteiger partial charge in [-0.15, -0.1) is 0 Å². The Morgan fingerprint density at radius 1 is 1.38 bits per heavy atom.